The van der Waals surface area contributed by atoms with Crippen molar-refractivity contribution in [2.75, 3.05) is 47.5 Å². The molecule has 4 heteroatoms. The molecule has 1 unspecified atom stereocenters. The van der Waals surface area contributed by atoms with Crippen molar-refractivity contribution < 1.29 is 9.47 Å². The second-order valence-corrected chi connectivity index (χ2v) is 4.60. The molecule has 0 amide bonds. The molecule has 4 nitrogen and oxygen atoms in total. The molecule has 1 rings (SSSR count). The third kappa shape index (κ3) is 5.59. The zero-order chi connectivity index (χ0) is 14.1. The normalized spacial score (nSPS) is 12.7. The average molecular weight is 266 g/mol. The number of likely N-dealkylation sites (N-methyl/N-ethyl adjacent to an activating group) is 2. The number of ether oxygens (including phenoxy) is 2. The van der Waals surface area contributed by atoms with E-state index in [0.717, 1.165) is 25.4 Å². The minimum Gasteiger partial charge on any atom is -0.494 e. The summed E-state index contributed by atoms with van der Waals surface area (Å²) in [6.07, 6.45) is 0. The Balaban J connectivity index is 2.58. The Kier molecular flexibility index (Phi) is 7.48. The van der Waals surface area contributed by atoms with Crippen LogP contribution in [-0.4, -0.2) is 52.4 Å². The zero-order valence-corrected chi connectivity index (χ0v) is 12.5. The third-order valence-electron chi connectivity index (χ3n) is 3.11. The molecule has 0 aliphatic heterocycles. The number of methoxy groups -OCH3 is 1. The highest BCUT2D eigenvalue weighted by molar-refractivity contribution is 5.29. The van der Waals surface area contributed by atoms with Gasteiger partial charge in [-0.2, -0.15) is 0 Å². The highest BCUT2D eigenvalue weighted by Gasteiger charge is 2.11. The first-order valence-electron chi connectivity index (χ1n) is 6.78. The van der Waals surface area contributed by atoms with Crippen LogP contribution >= 0.6 is 0 Å². The van der Waals surface area contributed by atoms with Crippen LogP contribution in [0.2, 0.25) is 0 Å². The Labute approximate surface area is 116 Å². The fourth-order valence-corrected chi connectivity index (χ4v) is 1.98. The Bertz CT molecular complexity index is 341. The van der Waals surface area contributed by atoms with E-state index in [1.54, 1.807) is 7.11 Å². The van der Waals surface area contributed by atoms with Crippen LogP contribution in [0.1, 0.15) is 18.5 Å². The number of nitrogens with zero attached hydrogens (tertiary/aromatic N) is 1. The van der Waals surface area contributed by atoms with E-state index in [9.17, 15) is 0 Å². The van der Waals surface area contributed by atoms with E-state index in [0.29, 0.717) is 12.6 Å². The van der Waals surface area contributed by atoms with Crippen LogP contribution in [0.4, 0.5) is 0 Å². The van der Waals surface area contributed by atoms with Crippen LogP contribution in [0.3, 0.4) is 0 Å². The molecule has 1 aromatic rings. The lowest BCUT2D eigenvalue weighted by Gasteiger charge is -2.24. The summed E-state index contributed by atoms with van der Waals surface area (Å²) < 4.78 is 10.6. The Morgan fingerprint density at radius 1 is 1.26 bits per heavy atom. The van der Waals surface area contributed by atoms with Crippen molar-refractivity contribution in [1.82, 2.24) is 10.2 Å². The van der Waals surface area contributed by atoms with Gasteiger partial charge in [0.15, 0.2) is 0 Å². The van der Waals surface area contributed by atoms with E-state index in [4.69, 9.17) is 9.47 Å². The Morgan fingerprint density at radius 3 is 2.47 bits per heavy atom. The number of nitrogens with one attached hydrogen (secondary N) is 1. The SMILES string of the molecule is CCOc1ccc(C(CN(C)CCOC)NC)cc1. The molecule has 0 radical (unpaired) electrons. The number of hydrogen-bond acceptors (Lipinski definition) is 4. The maximum Gasteiger partial charge on any atom is 0.119 e. The van der Waals surface area contributed by atoms with Crippen LogP contribution in [0.25, 0.3) is 0 Å². The van der Waals surface area contributed by atoms with Gasteiger partial charge in [0, 0.05) is 26.2 Å². The Hall–Kier alpha value is -1.10. The molecule has 0 aliphatic rings. The lowest BCUT2D eigenvalue weighted by molar-refractivity contribution is 0.156. The fourth-order valence-electron chi connectivity index (χ4n) is 1.98. The van der Waals surface area contributed by atoms with Crippen LogP contribution in [-0.2, 0) is 4.74 Å². The van der Waals surface area contributed by atoms with Gasteiger partial charge < -0.3 is 19.7 Å². The number of benzene rings is 1. The molecule has 0 saturated carbocycles. The van der Waals surface area contributed by atoms with E-state index in [1.165, 1.54) is 5.56 Å². The van der Waals surface area contributed by atoms with Gasteiger partial charge in [-0.05, 0) is 38.7 Å². The van der Waals surface area contributed by atoms with Gasteiger partial charge in [-0.1, -0.05) is 12.1 Å². The molecule has 0 aliphatic carbocycles. The van der Waals surface area contributed by atoms with Crippen molar-refractivity contribution in [2.45, 2.75) is 13.0 Å². The predicted octanol–water partition coefficient (Wildman–Crippen LogP) is 1.92. The summed E-state index contributed by atoms with van der Waals surface area (Å²) in [6.45, 7) is 5.35. The number of rotatable bonds is 9. The van der Waals surface area contributed by atoms with E-state index >= 15 is 0 Å². The highest BCUT2D eigenvalue weighted by atomic mass is 16.5. The van der Waals surface area contributed by atoms with Gasteiger partial charge in [-0.3, -0.25) is 0 Å². The first-order chi connectivity index (χ1) is 9.21. The summed E-state index contributed by atoms with van der Waals surface area (Å²) in [6, 6.07) is 8.61. The molecule has 19 heavy (non-hydrogen) atoms. The first-order valence-corrected chi connectivity index (χ1v) is 6.78. The van der Waals surface area contributed by atoms with Crippen molar-refractivity contribution in [3.8, 4) is 5.75 Å². The summed E-state index contributed by atoms with van der Waals surface area (Å²) in [5.41, 5.74) is 1.27. The minimum absolute atomic E-state index is 0.317. The summed E-state index contributed by atoms with van der Waals surface area (Å²) >= 11 is 0. The third-order valence-corrected chi connectivity index (χ3v) is 3.11. The van der Waals surface area contributed by atoms with Gasteiger partial charge in [0.1, 0.15) is 5.75 Å². The standard InChI is InChI=1S/C15H26N2O2/c1-5-19-14-8-6-13(7-9-14)15(16-2)12-17(3)10-11-18-4/h6-9,15-16H,5,10-12H2,1-4H3. The molecule has 108 valence electrons. The van der Waals surface area contributed by atoms with Crippen molar-refractivity contribution in [3.63, 3.8) is 0 Å². The van der Waals surface area contributed by atoms with Gasteiger partial charge >= 0.3 is 0 Å². The summed E-state index contributed by atoms with van der Waals surface area (Å²) in [5, 5.41) is 3.35. The first kappa shape index (κ1) is 16.0. The van der Waals surface area contributed by atoms with Crippen LogP contribution in [0.5, 0.6) is 5.75 Å². The smallest absolute Gasteiger partial charge is 0.119 e. The molecule has 1 N–H and O–H groups in total. The van der Waals surface area contributed by atoms with Crippen molar-refractivity contribution in [2.24, 2.45) is 0 Å². The zero-order valence-electron chi connectivity index (χ0n) is 12.5. The Morgan fingerprint density at radius 2 is 1.95 bits per heavy atom. The largest absolute Gasteiger partial charge is 0.494 e. The molecule has 0 aromatic heterocycles. The van der Waals surface area contributed by atoms with Gasteiger partial charge in [0.05, 0.1) is 13.2 Å². The van der Waals surface area contributed by atoms with Crippen LogP contribution in [0, 0.1) is 0 Å². The van der Waals surface area contributed by atoms with E-state index in [-0.39, 0.29) is 0 Å². The lowest BCUT2D eigenvalue weighted by Crippen LogP contribution is -2.33. The van der Waals surface area contributed by atoms with E-state index < -0.39 is 0 Å². The van der Waals surface area contributed by atoms with Gasteiger partial charge in [-0.25, -0.2) is 0 Å². The second kappa shape index (κ2) is 8.91. The van der Waals surface area contributed by atoms with Crippen molar-refractivity contribution >= 4 is 0 Å². The second-order valence-electron chi connectivity index (χ2n) is 4.60. The molecule has 0 heterocycles. The average Bonchev–Trinajstić information content (AvgIpc) is 2.44. The lowest BCUT2D eigenvalue weighted by atomic mass is 10.1. The molecular weight excluding hydrogens is 240 g/mol. The van der Waals surface area contributed by atoms with Gasteiger partial charge in [0.25, 0.3) is 0 Å². The highest BCUT2D eigenvalue weighted by Crippen LogP contribution is 2.18. The van der Waals surface area contributed by atoms with Crippen LogP contribution in [0.15, 0.2) is 24.3 Å². The molecule has 1 atom stereocenters. The molecular formula is C15H26N2O2. The molecule has 0 saturated heterocycles. The topological polar surface area (TPSA) is 33.7 Å². The molecule has 0 fully saturated rings. The molecule has 0 spiro atoms. The summed E-state index contributed by atoms with van der Waals surface area (Å²) in [7, 11) is 5.83. The summed E-state index contributed by atoms with van der Waals surface area (Å²) in [5.74, 6) is 0.925. The maximum absolute atomic E-state index is 5.46. The maximum atomic E-state index is 5.46. The summed E-state index contributed by atoms with van der Waals surface area (Å²) in [4.78, 5) is 2.27. The fraction of sp³-hybridized carbons (Fsp3) is 0.600. The van der Waals surface area contributed by atoms with Crippen molar-refractivity contribution in [1.29, 1.82) is 0 Å². The van der Waals surface area contributed by atoms with Gasteiger partial charge in [-0.15, -0.1) is 0 Å². The number of hydrogen-bond donors (Lipinski definition) is 1. The minimum atomic E-state index is 0.317. The van der Waals surface area contributed by atoms with E-state index in [2.05, 4.69) is 29.4 Å². The monoisotopic (exact) mass is 266 g/mol. The molecule has 1 aromatic carbocycles. The van der Waals surface area contributed by atoms with Crippen LogP contribution < -0.4 is 10.1 Å². The van der Waals surface area contributed by atoms with Crippen molar-refractivity contribution in [3.05, 3.63) is 29.8 Å². The van der Waals surface area contributed by atoms with Gasteiger partial charge in [0.2, 0.25) is 0 Å². The molecule has 0 bridgehead atoms. The van der Waals surface area contributed by atoms with E-state index in [1.807, 2.05) is 26.1 Å². The quantitative estimate of drug-likeness (QED) is 0.740. The predicted molar refractivity (Wildman–Crippen MR) is 78.8 cm³/mol.